The van der Waals surface area contributed by atoms with Gasteiger partial charge < -0.3 is 10.6 Å². The first-order valence-electron chi connectivity index (χ1n) is 9.34. The van der Waals surface area contributed by atoms with E-state index in [4.69, 9.17) is 0 Å². The van der Waals surface area contributed by atoms with E-state index in [9.17, 15) is 4.79 Å². The van der Waals surface area contributed by atoms with Gasteiger partial charge in [-0.2, -0.15) is 9.67 Å². The maximum absolute atomic E-state index is 11.1. The summed E-state index contributed by atoms with van der Waals surface area (Å²) < 4.78 is 1.73. The third-order valence-corrected chi connectivity index (χ3v) is 5.03. The lowest BCUT2D eigenvalue weighted by molar-refractivity contribution is -0.119. The Kier molecular flexibility index (Phi) is 4.95. The summed E-state index contributed by atoms with van der Waals surface area (Å²) in [7, 11) is 0. The molecule has 1 saturated carbocycles. The Morgan fingerprint density at radius 1 is 1.19 bits per heavy atom. The molecule has 1 aliphatic rings. The van der Waals surface area contributed by atoms with Crippen molar-refractivity contribution in [2.45, 2.75) is 38.6 Å². The number of hydrogen-bond acceptors (Lipinski definition) is 6. The molecule has 0 radical (unpaired) electrons. The Labute approximate surface area is 157 Å². The molecule has 0 aliphatic heterocycles. The van der Waals surface area contributed by atoms with Crippen LogP contribution in [0.15, 0.2) is 36.5 Å². The highest BCUT2D eigenvalue weighted by atomic mass is 16.1. The van der Waals surface area contributed by atoms with E-state index in [1.54, 1.807) is 17.8 Å². The summed E-state index contributed by atoms with van der Waals surface area (Å²) in [6.07, 6.45) is 6.01. The van der Waals surface area contributed by atoms with Gasteiger partial charge in [0.2, 0.25) is 11.9 Å². The summed E-state index contributed by atoms with van der Waals surface area (Å²) in [5, 5.41) is 14.8. The Morgan fingerprint density at radius 2 is 2.00 bits per heavy atom. The van der Waals surface area contributed by atoms with Crippen LogP contribution in [0.2, 0.25) is 0 Å². The Bertz CT molecular complexity index is 930. The number of fused-ring (bicyclic) bond motifs is 1. The number of amides is 1. The molecular weight excluding hydrogens is 342 g/mol. The van der Waals surface area contributed by atoms with E-state index in [-0.39, 0.29) is 5.91 Å². The zero-order valence-electron chi connectivity index (χ0n) is 15.3. The van der Waals surface area contributed by atoms with Crippen molar-refractivity contribution in [3.05, 3.63) is 36.5 Å². The first-order valence-corrected chi connectivity index (χ1v) is 9.34. The number of benzene rings is 1. The van der Waals surface area contributed by atoms with Crippen LogP contribution in [0.1, 0.15) is 32.6 Å². The molecule has 1 aromatic carbocycles. The molecule has 0 bridgehead atoms. The van der Waals surface area contributed by atoms with Crippen LogP contribution in [-0.4, -0.2) is 43.5 Å². The summed E-state index contributed by atoms with van der Waals surface area (Å²) in [6, 6.07) is 9.98. The lowest BCUT2D eigenvalue weighted by Crippen LogP contribution is -2.33. The summed E-state index contributed by atoms with van der Waals surface area (Å²) >= 11 is 0. The number of para-hydroxylation sites is 1. The molecule has 0 saturated heterocycles. The largest absolute Gasteiger partial charge is 0.356 e. The molecule has 0 unspecified atom stereocenters. The fraction of sp³-hybridized carbons (Fsp3) is 0.421. The number of carbonyl (C=O) groups excluding carboxylic acids is 1. The van der Waals surface area contributed by atoms with Gasteiger partial charge in [0.05, 0.1) is 5.52 Å². The van der Waals surface area contributed by atoms with Gasteiger partial charge in [-0.05, 0) is 43.7 Å². The summed E-state index contributed by atoms with van der Waals surface area (Å²) in [5.41, 5.74) is 1.75. The van der Waals surface area contributed by atoms with Gasteiger partial charge in [0.1, 0.15) is 5.52 Å². The highest BCUT2D eigenvalue weighted by Gasteiger charge is 2.22. The quantitative estimate of drug-likeness (QED) is 0.720. The van der Waals surface area contributed by atoms with Crippen molar-refractivity contribution in [1.29, 1.82) is 0 Å². The van der Waals surface area contributed by atoms with E-state index >= 15 is 0 Å². The maximum Gasteiger partial charge on any atom is 0.224 e. The lowest BCUT2D eigenvalue weighted by Gasteiger charge is -2.29. The highest BCUT2D eigenvalue weighted by Crippen LogP contribution is 2.25. The number of carbonyl (C=O) groups is 1. The molecule has 1 aliphatic carbocycles. The Balaban J connectivity index is 1.41. The zero-order chi connectivity index (χ0) is 18.6. The smallest absolute Gasteiger partial charge is 0.224 e. The standard InChI is InChI=1S/C19H23N7O/c1-13(27)21-12-14-6-8-15(9-7-14)22-19-20-11-10-18(23-19)26-17-5-3-2-4-16(17)24-25-26/h2-5,10-11,14-15H,6-9,12H2,1H3,(H,21,27)(H,20,22,23)/t14-,15-. The number of aromatic nitrogens is 5. The average Bonchev–Trinajstić information content (AvgIpc) is 3.12. The van der Waals surface area contributed by atoms with Crippen LogP contribution in [0, 0.1) is 5.92 Å². The van der Waals surface area contributed by atoms with Gasteiger partial charge in [0, 0.05) is 31.8 Å². The fourth-order valence-electron chi connectivity index (χ4n) is 3.56. The van der Waals surface area contributed by atoms with Crippen LogP contribution in [-0.2, 0) is 4.79 Å². The molecule has 1 amide bonds. The second-order valence-corrected chi connectivity index (χ2v) is 7.03. The summed E-state index contributed by atoms with van der Waals surface area (Å²) in [6.45, 7) is 2.34. The first kappa shape index (κ1) is 17.4. The van der Waals surface area contributed by atoms with Crippen molar-refractivity contribution in [2.75, 3.05) is 11.9 Å². The minimum Gasteiger partial charge on any atom is -0.356 e. The number of nitrogens with one attached hydrogen (secondary N) is 2. The Morgan fingerprint density at radius 3 is 2.81 bits per heavy atom. The molecule has 2 heterocycles. The van der Waals surface area contributed by atoms with Crippen molar-refractivity contribution in [3.8, 4) is 5.82 Å². The van der Waals surface area contributed by atoms with Crippen LogP contribution < -0.4 is 10.6 Å². The van der Waals surface area contributed by atoms with Crippen molar-refractivity contribution in [3.63, 3.8) is 0 Å². The van der Waals surface area contributed by atoms with Gasteiger partial charge in [-0.1, -0.05) is 17.3 Å². The van der Waals surface area contributed by atoms with Crippen LogP contribution in [0.4, 0.5) is 5.95 Å². The van der Waals surface area contributed by atoms with Crippen molar-refractivity contribution >= 4 is 22.9 Å². The van der Waals surface area contributed by atoms with Gasteiger partial charge in [0.25, 0.3) is 0 Å². The molecule has 1 fully saturated rings. The third-order valence-electron chi connectivity index (χ3n) is 5.03. The highest BCUT2D eigenvalue weighted by molar-refractivity contribution is 5.75. The molecule has 3 aromatic rings. The normalized spacial score (nSPS) is 19.7. The average molecular weight is 365 g/mol. The van der Waals surface area contributed by atoms with Crippen molar-refractivity contribution < 1.29 is 4.79 Å². The van der Waals surface area contributed by atoms with Gasteiger partial charge in [-0.15, -0.1) is 5.10 Å². The van der Waals surface area contributed by atoms with E-state index < -0.39 is 0 Å². The molecular formula is C19H23N7O. The number of rotatable bonds is 5. The minimum atomic E-state index is 0.0427. The second-order valence-electron chi connectivity index (χ2n) is 7.03. The lowest BCUT2D eigenvalue weighted by atomic mass is 9.86. The van der Waals surface area contributed by atoms with E-state index in [2.05, 4.69) is 30.9 Å². The molecule has 27 heavy (non-hydrogen) atoms. The number of anilines is 1. The van der Waals surface area contributed by atoms with Crippen LogP contribution >= 0.6 is 0 Å². The summed E-state index contributed by atoms with van der Waals surface area (Å²) in [5.74, 6) is 1.90. The first-order chi connectivity index (χ1) is 13.2. The van der Waals surface area contributed by atoms with Gasteiger partial charge in [-0.3, -0.25) is 4.79 Å². The molecule has 140 valence electrons. The van der Waals surface area contributed by atoms with Crippen LogP contribution in [0.25, 0.3) is 16.9 Å². The fourth-order valence-corrected chi connectivity index (χ4v) is 3.56. The van der Waals surface area contributed by atoms with Crippen molar-refractivity contribution in [1.82, 2.24) is 30.3 Å². The zero-order valence-corrected chi connectivity index (χ0v) is 15.3. The molecule has 0 atom stereocenters. The number of nitrogens with zero attached hydrogens (tertiary/aromatic N) is 5. The van der Waals surface area contributed by atoms with E-state index in [1.807, 2.05) is 30.3 Å². The molecule has 8 heteroatoms. The van der Waals surface area contributed by atoms with Gasteiger partial charge in [0.15, 0.2) is 5.82 Å². The van der Waals surface area contributed by atoms with Crippen LogP contribution in [0.3, 0.4) is 0 Å². The predicted octanol–water partition coefficient (Wildman–Crippen LogP) is 2.32. The van der Waals surface area contributed by atoms with Gasteiger partial charge in [-0.25, -0.2) is 4.98 Å². The SMILES string of the molecule is CC(=O)NC[C@H]1CC[C@H](Nc2nccc(-n3nnc4ccccc43)n2)CC1. The molecule has 2 aromatic heterocycles. The Hall–Kier alpha value is -3.03. The van der Waals surface area contributed by atoms with E-state index in [0.29, 0.717) is 23.7 Å². The molecule has 8 nitrogen and oxygen atoms in total. The van der Waals surface area contributed by atoms with E-state index in [0.717, 1.165) is 43.3 Å². The third kappa shape index (κ3) is 4.05. The maximum atomic E-state index is 11.1. The monoisotopic (exact) mass is 365 g/mol. The summed E-state index contributed by atoms with van der Waals surface area (Å²) in [4.78, 5) is 20.0. The molecule has 2 N–H and O–H groups in total. The molecule has 4 rings (SSSR count). The second kappa shape index (κ2) is 7.69. The molecule has 0 spiro atoms. The van der Waals surface area contributed by atoms with Gasteiger partial charge >= 0.3 is 0 Å². The minimum absolute atomic E-state index is 0.0427. The van der Waals surface area contributed by atoms with Crippen molar-refractivity contribution in [2.24, 2.45) is 5.92 Å². The number of hydrogen-bond donors (Lipinski definition) is 2. The van der Waals surface area contributed by atoms with Crippen LogP contribution in [0.5, 0.6) is 0 Å². The topological polar surface area (TPSA) is 97.6 Å². The van der Waals surface area contributed by atoms with E-state index in [1.165, 1.54) is 0 Å². The predicted molar refractivity (Wildman–Crippen MR) is 103 cm³/mol.